The number of piperidine rings is 1. The van der Waals surface area contributed by atoms with Crippen LogP contribution in [0.25, 0.3) is 0 Å². The molecule has 1 aliphatic heterocycles. The van der Waals surface area contributed by atoms with Crippen molar-refractivity contribution in [3.63, 3.8) is 0 Å². The molecular formula is C19H21ClN4O. The first kappa shape index (κ1) is 17.6. The van der Waals surface area contributed by atoms with Crippen molar-refractivity contribution in [2.45, 2.75) is 19.4 Å². The van der Waals surface area contributed by atoms with E-state index in [1.165, 1.54) is 5.56 Å². The van der Waals surface area contributed by atoms with Crippen LogP contribution in [0.4, 0.5) is 0 Å². The molecule has 1 aliphatic rings. The lowest BCUT2D eigenvalue weighted by molar-refractivity contribution is 0.0949. The molecule has 0 spiro atoms. The molecule has 0 unspecified atom stereocenters. The number of carbonyl (C=O) groups is 1. The molecule has 130 valence electrons. The van der Waals surface area contributed by atoms with Crippen molar-refractivity contribution in [1.29, 1.82) is 0 Å². The van der Waals surface area contributed by atoms with Crippen LogP contribution < -0.4 is 5.43 Å². The molecular weight excluding hydrogens is 336 g/mol. The number of aromatic nitrogens is 1. The molecule has 1 aromatic heterocycles. The van der Waals surface area contributed by atoms with E-state index in [2.05, 4.69) is 32.5 Å². The fraction of sp³-hybridized carbons (Fsp3) is 0.316. The van der Waals surface area contributed by atoms with E-state index in [4.69, 9.17) is 11.6 Å². The highest BCUT2D eigenvalue weighted by Gasteiger charge is 2.18. The van der Waals surface area contributed by atoms with Crippen molar-refractivity contribution >= 4 is 23.7 Å². The summed E-state index contributed by atoms with van der Waals surface area (Å²) in [7, 11) is 0. The third-order valence-electron chi connectivity index (χ3n) is 4.30. The van der Waals surface area contributed by atoms with Gasteiger partial charge in [0, 0.05) is 24.0 Å². The summed E-state index contributed by atoms with van der Waals surface area (Å²) in [6.07, 6.45) is 5.52. The Labute approximate surface area is 152 Å². The fourth-order valence-electron chi connectivity index (χ4n) is 2.86. The minimum absolute atomic E-state index is 0.281. The Hall–Kier alpha value is -2.24. The molecule has 0 radical (unpaired) electrons. The van der Waals surface area contributed by atoms with Gasteiger partial charge in [0.05, 0.1) is 0 Å². The van der Waals surface area contributed by atoms with E-state index in [-0.39, 0.29) is 5.91 Å². The average Bonchev–Trinajstić information content (AvgIpc) is 2.66. The molecule has 0 saturated carbocycles. The van der Waals surface area contributed by atoms with Gasteiger partial charge in [0.25, 0.3) is 5.91 Å². The van der Waals surface area contributed by atoms with Gasteiger partial charge < -0.3 is 0 Å². The lowest BCUT2D eigenvalue weighted by Crippen LogP contribution is -2.34. The second-order valence-corrected chi connectivity index (χ2v) is 6.61. The van der Waals surface area contributed by atoms with Gasteiger partial charge in [0.1, 0.15) is 5.69 Å². The van der Waals surface area contributed by atoms with Gasteiger partial charge in [-0.3, -0.25) is 14.7 Å². The Morgan fingerprint density at radius 3 is 2.68 bits per heavy atom. The Morgan fingerprint density at radius 1 is 1.24 bits per heavy atom. The van der Waals surface area contributed by atoms with Gasteiger partial charge in [-0.05, 0) is 61.7 Å². The van der Waals surface area contributed by atoms with Crippen LogP contribution >= 0.6 is 11.6 Å². The zero-order valence-corrected chi connectivity index (χ0v) is 14.7. The van der Waals surface area contributed by atoms with Gasteiger partial charge >= 0.3 is 0 Å². The number of carbonyl (C=O) groups excluding carboxylic acids is 1. The topological polar surface area (TPSA) is 57.6 Å². The Bertz CT molecular complexity index is 710. The first-order valence-electron chi connectivity index (χ1n) is 8.42. The molecule has 2 heterocycles. The smallest absolute Gasteiger partial charge is 0.289 e. The molecule has 1 N–H and O–H groups in total. The highest BCUT2D eigenvalue weighted by Crippen LogP contribution is 2.18. The maximum Gasteiger partial charge on any atom is 0.289 e. The first-order valence-corrected chi connectivity index (χ1v) is 8.80. The Kier molecular flexibility index (Phi) is 6.14. The normalized spacial score (nSPS) is 16.2. The number of amides is 1. The summed E-state index contributed by atoms with van der Waals surface area (Å²) in [5.41, 5.74) is 4.19. The van der Waals surface area contributed by atoms with Gasteiger partial charge in [-0.15, -0.1) is 0 Å². The van der Waals surface area contributed by atoms with Gasteiger partial charge in [-0.25, -0.2) is 5.43 Å². The number of halogens is 1. The van der Waals surface area contributed by atoms with Crippen molar-refractivity contribution in [2.75, 3.05) is 13.1 Å². The van der Waals surface area contributed by atoms with Crippen LogP contribution in [0.15, 0.2) is 53.8 Å². The van der Waals surface area contributed by atoms with E-state index < -0.39 is 0 Å². The molecule has 0 aliphatic carbocycles. The molecule has 3 rings (SSSR count). The monoisotopic (exact) mass is 356 g/mol. The van der Waals surface area contributed by atoms with E-state index >= 15 is 0 Å². The molecule has 5 nitrogen and oxygen atoms in total. The van der Waals surface area contributed by atoms with Crippen LogP contribution in [0.1, 0.15) is 28.9 Å². The molecule has 6 heteroatoms. The quantitative estimate of drug-likeness (QED) is 0.660. The van der Waals surface area contributed by atoms with Crippen LogP contribution in [0, 0.1) is 5.92 Å². The van der Waals surface area contributed by atoms with Gasteiger partial charge in [-0.1, -0.05) is 29.8 Å². The Morgan fingerprint density at radius 2 is 2.00 bits per heavy atom. The van der Waals surface area contributed by atoms with Crippen LogP contribution in [-0.2, 0) is 6.54 Å². The maximum atomic E-state index is 11.9. The van der Waals surface area contributed by atoms with Crippen molar-refractivity contribution in [1.82, 2.24) is 15.3 Å². The van der Waals surface area contributed by atoms with Gasteiger partial charge in [0.2, 0.25) is 0 Å². The van der Waals surface area contributed by atoms with Gasteiger partial charge in [0.15, 0.2) is 0 Å². The predicted molar refractivity (Wildman–Crippen MR) is 99.6 cm³/mol. The lowest BCUT2D eigenvalue weighted by atomic mass is 9.98. The van der Waals surface area contributed by atoms with Crippen molar-refractivity contribution in [2.24, 2.45) is 11.0 Å². The summed E-state index contributed by atoms with van der Waals surface area (Å²) in [5, 5.41) is 4.86. The third-order valence-corrected chi connectivity index (χ3v) is 4.55. The van der Waals surface area contributed by atoms with Gasteiger partial charge in [-0.2, -0.15) is 5.10 Å². The number of likely N-dealkylation sites (tertiary alicyclic amines) is 1. The summed E-state index contributed by atoms with van der Waals surface area (Å²) >= 11 is 5.92. The van der Waals surface area contributed by atoms with E-state index in [1.807, 2.05) is 18.3 Å². The van der Waals surface area contributed by atoms with Crippen molar-refractivity contribution < 1.29 is 4.79 Å². The number of hydrogen-bond donors (Lipinski definition) is 1. The van der Waals surface area contributed by atoms with Crippen LogP contribution in [0.5, 0.6) is 0 Å². The molecule has 25 heavy (non-hydrogen) atoms. The molecule has 2 aromatic rings. The Balaban J connectivity index is 1.41. The second-order valence-electron chi connectivity index (χ2n) is 6.17. The number of hydrogen-bond acceptors (Lipinski definition) is 4. The van der Waals surface area contributed by atoms with Crippen LogP contribution in [0.2, 0.25) is 5.02 Å². The number of hydrazone groups is 1. The summed E-state index contributed by atoms with van der Waals surface area (Å²) in [5.74, 6) is 0.113. The number of nitrogens with zero attached hydrogens (tertiary/aromatic N) is 3. The molecule has 1 saturated heterocycles. The van der Waals surface area contributed by atoms with E-state index in [1.54, 1.807) is 24.4 Å². The number of benzene rings is 1. The summed E-state index contributed by atoms with van der Waals surface area (Å²) in [6.45, 7) is 2.98. The molecule has 0 atom stereocenters. The summed E-state index contributed by atoms with van der Waals surface area (Å²) < 4.78 is 0. The van der Waals surface area contributed by atoms with E-state index in [0.717, 1.165) is 37.5 Å². The van der Waals surface area contributed by atoms with Crippen molar-refractivity contribution in [3.8, 4) is 0 Å². The fourth-order valence-corrected chi connectivity index (χ4v) is 2.99. The van der Waals surface area contributed by atoms with Crippen molar-refractivity contribution in [3.05, 3.63) is 64.9 Å². The summed E-state index contributed by atoms with van der Waals surface area (Å²) in [6, 6.07) is 13.2. The average molecular weight is 357 g/mol. The number of pyridine rings is 1. The molecule has 1 fully saturated rings. The minimum atomic E-state index is -0.281. The second kappa shape index (κ2) is 8.74. The minimum Gasteiger partial charge on any atom is -0.299 e. The lowest BCUT2D eigenvalue weighted by Gasteiger charge is -2.30. The maximum absolute atomic E-state index is 11.9. The number of nitrogens with one attached hydrogen (secondary N) is 1. The molecule has 1 amide bonds. The van der Waals surface area contributed by atoms with Crippen LogP contribution in [0.3, 0.4) is 0 Å². The third kappa shape index (κ3) is 5.37. The summed E-state index contributed by atoms with van der Waals surface area (Å²) in [4.78, 5) is 18.3. The zero-order chi connectivity index (χ0) is 17.5. The van der Waals surface area contributed by atoms with E-state index in [0.29, 0.717) is 11.6 Å². The predicted octanol–water partition coefficient (Wildman–Crippen LogP) is 3.36. The van der Waals surface area contributed by atoms with E-state index in [9.17, 15) is 4.79 Å². The largest absolute Gasteiger partial charge is 0.299 e. The SMILES string of the molecule is O=C(NN=CC1CCN(Cc2ccc(Cl)cc2)CC1)c1ccccn1. The highest BCUT2D eigenvalue weighted by molar-refractivity contribution is 6.30. The number of rotatable bonds is 5. The zero-order valence-electron chi connectivity index (χ0n) is 13.9. The molecule has 0 bridgehead atoms. The standard InChI is InChI=1S/C19H21ClN4O/c20-17-6-4-16(5-7-17)14-24-11-8-15(9-12-24)13-22-23-19(25)18-3-1-2-10-21-18/h1-7,10,13,15H,8-9,11-12,14H2,(H,23,25). The highest BCUT2D eigenvalue weighted by atomic mass is 35.5. The first-order chi connectivity index (χ1) is 12.2. The molecule has 1 aromatic carbocycles. The van der Waals surface area contributed by atoms with Crippen LogP contribution in [-0.4, -0.2) is 35.1 Å².